The van der Waals surface area contributed by atoms with E-state index in [0.29, 0.717) is 48.1 Å². The molecule has 0 bridgehead atoms. The van der Waals surface area contributed by atoms with Gasteiger partial charge in [-0.25, -0.2) is 0 Å². The van der Waals surface area contributed by atoms with Gasteiger partial charge in [-0.3, -0.25) is 19.6 Å². The van der Waals surface area contributed by atoms with Crippen LogP contribution < -0.4 is 27.0 Å². The zero-order valence-corrected chi connectivity index (χ0v) is 24.7. The Kier molecular flexibility index (Phi) is 11.7. The van der Waals surface area contributed by atoms with Gasteiger partial charge in [0.25, 0.3) is 11.8 Å². The number of carbonyl (C=O) groups is 2. The van der Waals surface area contributed by atoms with Crippen molar-refractivity contribution in [2.45, 2.75) is 26.4 Å². The third-order valence-electron chi connectivity index (χ3n) is 6.74. The van der Waals surface area contributed by atoms with Crippen LogP contribution in [-0.4, -0.2) is 53.1 Å². The maximum absolute atomic E-state index is 13.0. The van der Waals surface area contributed by atoms with Gasteiger partial charge in [0.15, 0.2) is 0 Å². The topological polar surface area (TPSA) is 154 Å². The Balaban J connectivity index is 1.45. The van der Waals surface area contributed by atoms with Gasteiger partial charge in [0.05, 0.1) is 17.3 Å². The van der Waals surface area contributed by atoms with Crippen LogP contribution in [0.25, 0.3) is 11.1 Å². The average Bonchev–Trinajstić information content (AvgIpc) is 3.02. The molecule has 0 aliphatic rings. The number of nitrogens with zero attached hydrogens (tertiary/aromatic N) is 2. The van der Waals surface area contributed by atoms with E-state index >= 15 is 0 Å². The quantitative estimate of drug-likeness (QED) is 0.118. The Morgan fingerprint density at radius 3 is 1.91 bits per heavy atom. The molecular formula is C32H36ClN7O3. The van der Waals surface area contributed by atoms with E-state index in [1.54, 1.807) is 30.6 Å². The molecule has 2 aromatic carbocycles. The monoisotopic (exact) mass is 601 g/mol. The van der Waals surface area contributed by atoms with Gasteiger partial charge in [-0.05, 0) is 73.0 Å². The standard InChI is InChI=1S/C32H36ClN7O3/c1-21-24(5-2-7-26(21)39-31(42)28-11-10-23(20-37-28)18-36-15-16-41)25-6-3-8-27(30(25)33)40-32(43)29-12-9-22(19-38-29)17-35-14-4-13-34/h2-3,5-12,19-20,35-36,41H,4,13-18,34H2,1H3,(H,39,42)(H,40,43). The number of carbonyl (C=O) groups excluding carboxylic acids is 2. The van der Waals surface area contributed by atoms with Gasteiger partial charge in [0.1, 0.15) is 11.4 Å². The largest absolute Gasteiger partial charge is 0.395 e. The van der Waals surface area contributed by atoms with Crippen molar-refractivity contribution in [3.63, 3.8) is 0 Å². The normalized spacial score (nSPS) is 10.9. The summed E-state index contributed by atoms with van der Waals surface area (Å²) in [5.74, 6) is -0.714. The van der Waals surface area contributed by atoms with E-state index in [1.165, 1.54) is 0 Å². The second-order valence-electron chi connectivity index (χ2n) is 9.88. The molecule has 2 amide bonds. The molecule has 0 aliphatic heterocycles. The van der Waals surface area contributed by atoms with E-state index < -0.39 is 0 Å². The molecule has 0 aliphatic carbocycles. The lowest BCUT2D eigenvalue weighted by atomic mass is 9.98. The third-order valence-corrected chi connectivity index (χ3v) is 7.15. The van der Waals surface area contributed by atoms with Gasteiger partial charge in [-0.1, -0.05) is 48.0 Å². The smallest absolute Gasteiger partial charge is 0.274 e. The SMILES string of the molecule is Cc1c(NC(=O)c2ccc(CNCCO)cn2)cccc1-c1cccc(NC(=O)c2ccc(CNCCCN)cn2)c1Cl. The minimum absolute atomic E-state index is 0.0529. The summed E-state index contributed by atoms with van der Waals surface area (Å²) >= 11 is 6.80. The van der Waals surface area contributed by atoms with Crippen molar-refractivity contribution in [1.82, 2.24) is 20.6 Å². The molecule has 2 aromatic heterocycles. The van der Waals surface area contributed by atoms with Gasteiger partial charge in [-0.15, -0.1) is 0 Å². The molecule has 7 N–H and O–H groups in total. The molecule has 0 fully saturated rings. The zero-order valence-electron chi connectivity index (χ0n) is 24.0. The molecule has 0 saturated carbocycles. The summed E-state index contributed by atoms with van der Waals surface area (Å²) in [6, 6.07) is 18.0. The van der Waals surface area contributed by atoms with Crippen LogP contribution in [0.4, 0.5) is 11.4 Å². The molecule has 0 radical (unpaired) electrons. The Morgan fingerprint density at radius 2 is 1.35 bits per heavy atom. The van der Waals surface area contributed by atoms with Crippen LogP contribution in [0.1, 0.15) is 44.1 Å². The number of hydrogen-bond acceptors (Lipinski definition) is 8. The molecule has 4 aromatic rings. The van der Waals surface area contributed by atoms with Crippen molar-refractivity contribution < 1.29 is 14.7 Å². The molecule has 0 unspecified atom stereocenters. The number of nitrogens with two attached hydrogens (primary N) is 1. The summed E-state index contributed by atoms with van der Waals surface area (Å²) in [7, 11) is 0. The number of nitrogens with one attached hydrogen (secondary N) is 4. The minimum Gasteiger partial charge on any atom is -0.395 e. The van der Waals surface area contributed by atoms with Crippen LogP contribution in [0.2, 0.25) is 5.02 Å². The van der Waals surface area contributed by atoms with Gasteiger partial charge in [-0.2, -0.15) is 0 Å². The maximum Gasteiger partial charge on any atom is 0.274 e. The predicted molar refractivity (Wildman–Crippen MR) is 170 cm³/mol. The van der Waals surface area contributed by atoms with Crippen LogP contribution in [0.3, 0.4) is 0 Å². The fraction of sp³-hybridized carbons (Fsp3) is 0.250. The highest BCUT2D eigenvalue weighted by atomic mass is 35.5. The van der Waals surface area contributed by atoms with E-state index in [2.05, 4.69) is 31.2 Å². The minimum atomic E-state index is -0.373. The molecule has 0 atom stereocenters. The van der Waals surface area contributed by atoms with Gasteiger partial charge in [0, 0.05) is 43.3 Å². The Hall–Kier alpha value is -4.19. The predicted octanol–water partition coefficient (Wildman–Crippen LogP) is 4.13. The fourth-order valence-corrected chi connectivity index (χ4v) is 4.65. The lowest BCUT2D eigenvalue weighted by Gasteiger charge is -2.16. The lowest BCUT2D eigenvalue weighted by molar-refractivity contribution is 0.101. The number of aliphatic hydroxyl groups is 1. The maximum atomic E-state index is 13.0. The number of aliphatic hydroxyl groups excluding tert-OH is 1. The van der Waals surface area contributed by atoms with Gasteiger partial charge in [0.2, 0.25) is 0 Å². The summed E-state index contributed by atoms with van der Waals surface area (Å²) in [6.45, 7) is 5.08. The summed E-state index contributed by atoms with van der Waals surface area (Å²) < 4.78 is 0. The van der Waals surface area contributed by atoms with Crippen LogP contribution in [0.5, 0.6) is 0 Å². The second kappa shape index (κ2) is 15.9. The van der Waals surface area contributed by atoms with E-state index in [1.807, 2.05) is 49.4 Å². The molecule has 4 rings (SSSR count). The van der Waals surface area contributed by atoms with Crippen LogP contribution in [0.15, 0.2) is 73.1 Å². The second-order valence-corrected chi connectivity index (χ2v) is 10.3. The number of pyridine rings is 2. The lowest BCUT2D eigenvalue weighted by Crippen LogP contribution is -2.18. The van der Waals surface area contributed by atoms with Crippen molar-refractivity contribution >= 4 is 34.8 Å². The molecule has 10 nitrogen and oxygen atoms in total. The number of halogens is 1. The average molecular weight is 602 g/mol. The van der Waals surface area contributed by atoms with Crippen molar-refractivity contribution in [3.05, 3.63) is 106 Å². The number of aromatic nitrogens is 2. The highest BCUT2D eigenvalue weighted by Crippen LogP contribution is 2.37. The number of hydrogen-bond donors (Lipinski definition) is 6. The fourth-order valence-electron chi connectivity index (χ4n) is 4.37. The number of amides is 2. The van der Waals surface area contributed by atoms with E-state index in [9.17, 15) is 9.59 Å². The van der Waals surface area contributed by atoms with Crippen molar-refractivity contribution in [2.75, 3.05) is 36.9 Å². The van der Waals surface area contributed by atoms with Crippen molar-refractivity contribution in [1.29, 1.82) is 0 Å². The van der Waals surface area contributed by atoms with E-state index in [0.717, 1.165) is 35.2 Å². The van der Waals surface area contributed by atoms with E-state index in [-0.39, 0.29) is 29.8 Å². The van der Waals surface area contributed by atoms with Crippen LogP contribution in [0, 0.1) is 6.92 Å². The summed E-state index contributed by atoms with van der Waals surface area (Å²) in [4.78, 5) is 34.5. The number of rotatable bonds is 14. The molecule has 224 valence electrons. The molecular weight excluding hydrogens is 566 g/mol. The first kappa shape index (κ1) is 31.7. The summed E-state index contributed by atoms with van der Waals surface area (Å²) in [5, 5.41) is 21.4. The first-order valence-corrected chi connectivity index (χ1v) is 14.4. The van der Waals surface area contributed by atoms with Crippen molar-refractivity contribution in [2.24, 2.45) is 5.73 Å². The first-order chi connectivity index (χ1) is 20.9. The van der Waals surface area contributed by atoms with Crippen LogP contribution >= 0.6 is 11.6 Å². The highest BCUT2D eigenvalue weighted by molar-refractivity contribution is 6.36. The molecule has 0 saturated heterocycles. The summed E-state index contributed by atoms with van der Waals surface area (Å²) in [5.41, 5.74) is 11.3. The number of anilines is 2. The van der Waals surface area contributed by atoms with Crippen molar-refractivity contribution in [3.8, 4) is 11.1 Å². The van der Waals surface area contributed by atoms with Crippen LogP contribution in [-0.2, 0) is 13.1 Å². The Bertz CT molecular complexity index is 1530. The number of benzene rings is 2. The van der Waals surface area contributed by atoms with Gasteiger partial charge >= 0.3 is 0 Å². The highest BCUT2D eigenvalue weighted by Gasteiger charge is 2.17. The molecule has 11 heteroatoms. The van der Waals surface area contributed by atoms with Gasteiger partial charge < -0.3 is 32.1 Å². The summed E-state index contributed by atoms with van der Waals surface area (Å²) in [6.07, 6.45) is 4.20. The third kappa shape index (κ3) is 8.66. The first-order valence-electron chi connectivity index (χ1n) is 14.0. The Morgan fingerprint density at radius 1 is 0.791 bits per heavy atom. The Labute approximate surface area is 256 Å². The molecule has 43 heavy (non-hydrogen) atoms. The molecule has 2 heterocycles. The zero-order chi connectivity index (χ0) is 30.6. The van der Waals surface area contributed by atoms with E-state index in [4.69, 9.17) is 22.4 Å². The molecule has 0 spiro atoms.